The summed E-state index contributed by atoms with van der Waals surface area (Å²) >= 11 is 0. The summed E-state index contributed by atoms with van der Waals surface area (Å²) in [5.41, 5.74) is 0.673. The maximum absolute atomic E-state index is 13.7. The Labute approximate surface area is 162 Å². The van der Waals surface area contributed by atoms with Crippen LogP contribution in [-0.4, -0.2) is 38.5 Å². The smallest absolute Gasteiger partial charge is 0.271 e. The molecule has 1 N–H and O–H groups in total. The van der Waals surface area contributed by atoms with E-state index >= 15 is 0 Å². The minimum Gasteiger partial charge on any atom is -0.356 e. The van der Waals surface area contributed by atoms with E-state index in [4.69, 9.17) is 0 Å². The average molecular weight is 380 g/mol. The van der Waals surface area contributed by atoms with E-state index < -0.39 is 0 Å². The van der Waals surface area contributed by atoms with Gasteiger partial charge in [-0.2, -0.15) is 0 Å². The second kappa shape index (κ2) is 8.16. The Morgan fingerprint density at radius 1 is 1.07 bits per heavy atom. The normalized spacial score (nSPS) is 14.1. The first-order valence-corrected chi connectivity index (χ1v) is 9.34. The molecule has 144 valence electrons. The zero-order valence-corrected chi connectivity index (χ0v) is 15.4. The number of aromatic nitrogens is 4. The quantitative estimate of drug-likeness (QED) is 0.737. The lowest BCUT2D eigenvalue weighted by Crippen LogP contribution is -2.30. The molecule has 4 rings (SSSR count). The van der Waals surface area contributed by atoms with E-state index in [9.17, 15) is 9.18 Å². The number of piperidine rings is 1. The molecule has 1 saturated heterocycles. The number of hydrogen-bond donors (Lipinski definition) is 1. The third-order valence-corrected chi connectivity index (χ3v) is 4.80. The first-order valence-electron chi connectivity index (χ1n) is 9.34. The predicted molar refractivity (Wildman–Crippen MR) is 103 cm³/mol. The first kappa shape index (κ1) is 18.1. The van der Waals surface area contributed by atoms with Crippen LogP contribution in [0.2, 0.25) is 0 Å². The minimum atomic E-state index is -0.368. The largest absolute Gasteiger partial charge is 0.356 e. The maximum atomic E-state index is 13.7. The van der Waals surface area contributed by atoms with E-state index in [1.165, 1.54) is 18.8 Å². The monoisotopic (exact) mass is 380 g/mol. The van der Waals surface area contributed by atoms with Crippen LogP contribution in [-0.2, 0) is 6.54 Å². The molecule has 0 radical (unpaired) electrons. The molecule has 28 heavy (non-hydrogen) atoms. The average Bonchev–Trinajstić information content (AvgIpc) is 3.24. The van der Waals surface area contributed by atoms with Crippen molar-refractivity contribution in [3.8, 4) is 5.82 Å². The number of benzene rings is 1. The zero-order valence-electron chi connectivity index (χ0n) is 15.4. The van der Waals surface area contributed by atoms with Gasteiger partial charge in [-0.25, -0.2) is 19.3 Å². The van der Waals surface area contributed by atoms with Crippen LogP contribution in [0.25, 0.3) is 5.82 Å². The summed E-state index contributed by atoms with van der Waals surface area (Å²) in [5, 5.41) is 2.69. The molecule has 1 aromatic carbocycles. The van der Waals surface area contributed by atoms with Crippen LogP contribution in [0.4, 0.5) is 10.2 Å². The van der Waals surface area contributed by atoms with Crippen molar-refractivity contribution in [3.05, 3.63) is 66.3 Å². The van der Waals surface area contributed by atoms with E-state index in [0.29, 0.717) is 11.4 Å². The first-order chi connectivity index (χ1) is 13.7. The lowest BCUT2D eigenvalue weighted by atomic mass is 10.1. The number of hydrogen-bond acceptors (Lipinski definition) is 5. The number of nitrogens with zero attached hydrogens (tertiary/aromatic N) is 5. The molecular weight excluding hydrogens is 359 g/mol. The van der Waals surface area contributed by atoms with Crippen LogP contribution in [0.3, 0.4) is 0 Å². The summed E-state index contributed by atoms with van der Waals surface area (Å²) in [4.78, 5) is 27.4. The molecule has 3 heterocycles. The Bertz CT molecular complexity index is 967. The molecule has 0 saturated carbocycles. The van der Waals surface area contributed by atoms with Gasteiger partial charge in [0.1, 0.15) is 35.8 Å². The molecule has 2 aromatic heterocycles. The van der Waals surface area contributed by atoms with Gasteiger partial charge in [0.15, 0.2) is 0 Å². The number of imidazole rings is 1. The van der Waals surface area contributed by atoms with Gasteiger partial charge in [0.05, 0.1) is 0 Å². The Morgan fingerprint density at radius 2 is 1.86 bits per heavy atom. The van der Waals surface area contributed by atoms with Gasteiger partial charge >= 0.3 is 0 Å². The minimum absolute atomic E-state index is 0.102. The Balaban J connectivity index is 1.45. The fourth-order valence-corrected chi connectivity index (χ4v) is 3.25. The fraction of sp³-hybridized carbons (Fsp3) is 0.300. The number of rotatable bonds is 5. The maximum Gasteiger partial charge on any atom is 0.271 e. The van der Waals surface area contributed by atoms with Crippen molar-refractivity contribution in [1.82, 2.24) is 24.8 Å². The highest BCUT2D eigenvalue weighted by atomic mass is 19.1. The Morgan fingerprint density at radius 3 is 2.68 bits per heavy atom. The predicted octanol–water partition coefficient (Wildman–Crippen LogP) is 2.72. The molecule has 1 aliphatic rings. The number of nitrogens with one attached hydrogen (secondary N) is 1. The van der Waals surface area contributed by atoms with Gasteiger partial charge < -0.3 is 10.2 Å². The van der Waals surface area contributed by atoms with Gasteiger partial charge in [0.25, 0.3) is 5.91 Å². The lowest BCUT2D eigenvalue weighted by molar-refractivity contribution is 0.0946. The lowest BCUT2D eigenvalue weighted by Gasteiger charge is -2.27. The summed E-state index contributed by atoms with van der Waals surface area (Å²) < 4.78 is 15.4. The van der Waals surface area contributed by atoms with Gasteiger partial charge in [0, 0.05) is 37.5 Å². The van der Waals surface area contributed by atoms with Crippen LogP contribution < -0.4 is 10.2 Å². The molecule has 3 aromatic rings. The van der Waals surface area contributed by atoms with Gasteiger partial charge in [-0.3, -0.25) is 9.36 Å². The number of carbonyl (C=O) groups excluding carboxylic acids is 1. The highest BCUT2D eigenvalue weighted by Gasteiger charge is 2.15. The van der Waals surface area contributed by atoms with Crippen LogP contribution in [0, 0.1) is 5.82 Å². The Kier molecular flexibility index (Phi) is 5.27. The zero-order chi connectivity index (χ0) is 19.3. The summed E-state index contributed by atoms with van der Waals surface area (Å²) in [7, 11) is 0. The van der Waals surface area contributed by atoms with Crippen molar-refractivity contribution in [2.45, 2.75) is 25.8 Å². The van der Waals surface area contributed by atoms with Crippen molar-refractivity contribution in [3.63, 3.8) is 0 Å². The molecule has 0 bridgehead atoms. The molecule has 0 atom stereocenters. The second-order valence-corrected chi connectivity index (χ2v) is 6.72. The van der Waals surface area contributed by atoms with Crippen molar-refractivity contribution in [2.75, 3.05) is 18.0 Å². The van der Waals surface area contributed by atoms with Gasteiger partial charge in [-0.05, 0) is 25.3 Å². The highest BCUT2D eigenvalue weighted by Crippen LogP contribution is 2.19. The number of amides is 1. The van der Waals surface area contributed by atoms with E-state index in [0.717, 1.165) is 31.7 Å². The molecule has 1 fully saturated rings. The van der Waals surface area contributed by atoms with Gasteiger partial charge in [-0.1, -0.05) is 18.2 Å². The Hall–Kier alpha value is -3.29. The van der Waals surface area contributed by atoms with E-state index in [-0.39, 0.29) is 24.0 Å². The summed E-state index contributed by atoms with van der Waals surface area (Å²) in [5.74, 6) is 0.812. The van der Waals surface area contributed by atoms with Crippen LogP contribution in [0.5, 0.6) is 0 Å². The standard InChI is InChI=1S/C20H21FN6O/c21-16-7-3-2-6-15(16)11-22-20(28)17-12-27(14-25-17)19-10-18(23-13-24-19)26-8-4-1-5-9-26/h2-3,6-7,10,12-14H,1,4-5,8-9,11H2,(H,22,28). The molecule has 8 heteroatoms. The molecule has 0 spiro atoms. The van der Waals surface area contributed by atoms with Crippen LogP contribution in [0.1, 0.15) is 35.3 Å². The third-order valence-electron chi connectivity index (χ3n) is 4.80. The molecule has 1 aliphatic heterocycles. The molecule has 0 aliphatic carbocycles. The van der Waals surface area contributed by atoms with Crippen molar-refractivity contribution in [2.24, 2.45) is 0 Å². The number of carbonyl (C=O) groups is 1. The van der Waals surface area contributed by atoms with Crippen molar-refractivity contribution < 1.29 is 9.18 Å². The SMILES string of the molecule is O=C(NCc1ccccc1F)c1cn(-c2cc(N3CCCCC3)ncn2)cn1. The summed E-state index contributed by atoms with van der Waals surface area (Å²) in [6.07, 6.45) is 8.26. The van der Waals surface area contributed by atoms with E-state index in [1.54, 1.807) is 35.3 Å². The van der Waals surface area contributed by atoms with Crippen molar-refractivity contribution in [1.29, 1.82) is 0 Å². The molecule has 7 nitrogen and oxygen atoms in total. The summed E-state index contributed by atoms with van der Waals surface area (Å²) in [6, 6.07) is 8.24. The van der Waals surface area contributed by atoms with Crippen LogP contribution >= 0.6 is 0 Å². The second-order valence-electron chi connectivity index (χ2n) is 6.72. The topological polar surface area (TPSA) is 75.9 Å². The third kappa shape index (κ3) is 4.00. The van der Waals surface area contributed by atoms with Crippen molar-refractivity contribution >= 4 is 11.7 Å². The van der Waals surface area contributed by atoms with Gasteiger partial charge in [-0.15, -0.1) is 0 Å². The van der Waals surface area contributed by atoms with E-state index in [1.807, 2.05) is 6.07 Å². The summed E-state index contributed by atoms with van der Waals surface area (Å²) in [6.45, 7) is 2.08. The number of anilines is 1. The van der Waals surface area contributed by atoms with Crippen LogP contribution in [0.15, 0.2) is 49.2 Å². The fourth-order valence-electron chi connectivity index (χ4n) is 3.25. The number of halogens is 1. The molecule has 0 unspecified atom stereocenters. The highest BCUT2D eigenvalue weighted by molar-refractivity contribution is 5.92. The van der Waals surface area contributed by atoms with E-state index in [2.05, 4.69) is 25.2 Å². The molecule has 1 amide bonds. The molecular formula is C20H21FN6O. The van der Waals surface area contributed by atoms with Gasteiger partial charge in [0.2, 0.25) is 0 Å².